The highest BCUT2D eigenvalue weighted by atomic mass is 32.2. The molecule has 0 spiro atoms. The molecule has 1 aliphatic rings. The lowest BCUT2D eigenvalue weighted by molar-refractivity contribution is -0.283. The maximum absolute atomic E-state index is 11.4. The number of Topliss-reactive ketones (excluding diaryl/α,β-unsaturated/α-hetero) is 4. The molecule has 54 heavy (non-hydrogen) atoms. The smallest absolute Gasteiger partial charge is 0.412 e. The van der Waals surface area contributed by atoms with E-state index in [4.69, 9.17) is 25.0 Å². The Balaban J connectivity index is -0.000000214. The van der Waals surface area contributed by atoms with E-state index in [1.807, 2.05) is 26.8 Å². The van der Waals surface area contributed by atoms with Crippen LogP contribution in [0.15, 0.2) is 11.6 Å². The van der Waals surface area contributed by atoms with Gasteiger partial charge in [0.25, 0.3) is 0 Å². The Morgan fingerprint density at radius 1 is 0.852 bits per heavy atom. The van der Waals surface area contributed by atoms with Gasteiger partial charge in [-0.15, -0.1) is 0 Å². The zero-order valence-electron chi connectivity index (χ0n) is 34.1. The molecule has 0 radical (unpaired) electrons. The van der Waals surface area contributed by atoms with E-state index >= 15 is 0 Å². The van der Waals surface area contributed by atoms with Crippen molar-refractivity contribution in [3.63, 3.8) is 0 Å². The molecule has 0 aromatic rings. The van der Waals surface area contributed by atoms with Gasteiger partial charge in [0, 0.05) is 42.2 Å². The van der Waals surface area contributed by atoms with E-state index in [-0.39, 0.29) is 40.7 Å². The highest BCUT2D eigenvalue weighted by Crippen LogP contribution is 2.39. The third kappa shape index (κ3) is 26.8. The van der Waals surface area contributed by atoms with Crippen molar-refractivity contribution in [2.24, 2.45) is 23.5 Å². The quantitative estimate of drug-likeness (QED) is 0.0806. The number of aliphatic hydroxyl groups is 3. The molecule has 11 atom stereocenters. The monoisotopic (exact) mass is 823 g/mol. The van der Waals surface area contributed by atoms with Gasteiger partial charge < -0.3 is 57.3 Å². The number of amides is 1. The van der Waals surface area contributed by atoms with Crippen LogP contribution in [0.3, 0.4) is 0 Å². The van der Waals surface area contributed by atoms with Crippen LogP contribution in [0.1, 0.15) is 90.0 Å². The molecule has 0 bridgehead atoms. The van der Waals surface area contributed by atoms with E-state index in [1.165, 1.54) is 27.7 Å². The first-order valence-electron chi connectivity index (χ1n) is 17.0. The number of ether oxygens (including phenoxy) is 2. The number of allylic oxidation sites excluding steroid dienone is 2. The Hall–Kier alpha value is -1.97. The van der Waals surface area contributed by atoms with Crippen LogP contribution in [-0.4, -0.2) is 127 Å². The number of carbonyl (C=O) groups is 5. The van der Waals surface area contributed by atoms with E-state index in [9.17, 15) is 43.9 Å². The van der Waals surface area contributed by atoms with E-state index in [2.05, 4.69) is 16.8 Å². The number of phosphoric acid groups is 1. The van der Waals surface area contributed by atoms with Gasteiger partial charge in [-0.05, 0) is 61.0 Å². The molecule has 8 unspecified atom stereocenters. The zero-order chi connectivity index (χ0) is 41.7. The Morgan fingerprint density at radius 2 is 1.30 bits per heavy atom. The van der Waals surface area contributed by atoms with Gasteiger partial charge in [-0.3, -0.25) is 28.5 Å². The van der Waals surface area contributed by atoms with Crippen LogP contribution in [0.5, 0.6) is 0 Å². The molecular weight excluding hydrogens is 753 g/mol. The van der Waals surface area contributed by atoms with Crippen molar-refractivity contribution in [2.75, 3.05) is 18.9 Å². The zero-order valence-corrected chi connectivity index (χ0v) is 35.8. The summed E-state index contributed by atoms with van der Waals surface area (Å²) in [4.78, 5) is 71.4. The van der Waals surface area contributed by atoms with Crippen molar-refractivity contribution in [3.05, 3.63) is 11.6 Å². The average molecular weight is 824 g/mol. The van der Waals surface area contributed by atoms with Gasteiger partial charge in [0.15, 0.2) is 12.1 Å². The van der Waals surface area contributed by atoms with Gasteiger partial charge in [0.2, 0.25) is 5.91 Å². The summed E-state index contributed by atoms with van der Waals surface area (Å²) in [6.07, 6.45) is -4.32. The maximum Gasteiger partial charge on any atom is 0.469 e. The summed E-state index contributed by atoms with van der Waals surface area (Å²) in [5, 5.41) is 32.1. The predicted molar refractivity (Wildman–Crippen MR) is 208 cm³/mol. The molecule has 1 saturated heterocycles. The van der Waals surface area contributed by atoms with Crippen molar-refractivity contribution in [2.45, 2.75) is 138 Å². The van der Waals surface area contributed by atoms with Gasteiger partial charge >= 0.3 is 7.82 Å². The summed E-state index contributed by atoms with van der Waals surface area (Å²) < 4.78 is 25.7. The van der Waals surface area contributed by atoms with E-state index < -0.39 is 75.0 Å². The van der Waals surface area contributed by atoms with Gasteiger partial charge in [0.1, 0.15) is 41.7 Å². The topological polar surface area (TPSA) is 336 Å². The molecule has 1 rings (SSSR count). The highest BCUT2D eigenvalue weighted by Gasteiger charge is 2.46. The number of thioether (sulfide) groups is 1. The predicted octanol–water partition coefficient (Wildman–Crippen LogP) is 1.44. The summed E-state index contributed by atoms with van der Waals surface area (Å²) >= 11 is 1.77. The third-order valence-electron chi connectivity index (χ3n) is 8.43. The maximum atomic E-state index is 11.4. The van der Waals surface area contributed by atoms with Crippen LogP contribution in [0, 0.1) is 17.8 Å². The average Bonchev–Trinajstić information content (AvgIpc) is 3.04. The summed E-state index contributed by atoms with van der Waals surface area (Å²) in [5.74, 6) is -0.0386. The van der Waals surface area contributed by atoms with E-state index in [0.29, 0.717) is 11.8 Å². The normalized spacial score (nSPS) is 22.7. The van der Waals surface area contributed by atoms with Crippen molar-refractivity contribution < 1.29 is 73.1 Å². The number of phosphoric ester groups is 1. The molecule has 0 aliphatic carbocycles. The van der Waals surface area contributed by atoms with Crippen LogP contribution in [0.25, 0.3) is 0 Å². The van der Waals surface area contributed by atoms with Crippen LogP contribution in [0.4, 0.5) is 0 Å². The van der Waals surface area contributed by atoms with Crippen molar-refractivity contribution in [3.8, 4) is 0 Å². The fraction of sp³-hybridized carbons (Fsp3) is 0.794. The minimum Gasteiger partial charge on any atom is -0.412 e. The van der Waals surface area contributed by atoms with Gasteiger partial charge in [-0.1, -0.05) is 33.8 Å². The van der Waals surface area contributed by atoms with E-state index in [1.54, 1.807) is 46.4 Å². The number of aliphatic hydroxyl groups excluding tert-OH is 3. The SMILES string of the molecule is C/C=C(/C)C(C)=O.CC(=O)C(C)C(C)OP(=O)(O)O.CC(=O)C(C)C(C)SCCN.CC(=O)NC1[C@@H](OC(C)C(C)C(C)=O)OC(CO)[C@H](O)[C@@H]1O.N.O. The highest BCUT2D eigenvalue weighted by molar-refractivity contribution is 7.99. The number of hydrogen-bond donors (Lipinski definition) is 8. The van der Waals surface area contributed by atoms with Crippen LogP contribution in [-0.2, 0) is 42.5 Å². The Kier molecular flexibility index (Phi) is 35.3. The lowest BCUT2D eigenvalue weighted by Crippen LogP contribution is -2.65. The fourth-order valence-corrected chi connectivity index (χ4v) is 5.42. The lowest BCUT2D eigenvalue weighted by Gasteiger charge is -2.43. The summed E-state index contributed by atoms with van der Waals surface area (Å²) in [5.41, 5.74) is 6.18. The Bertz CT molecular complexity index is 1190. The molecule has 1 heterocycles. The first-order valence-corrected chi connectivity index (χ1v) is 19.5. The molecular formula is C34H70N3O15PS. The van der Waals surface area contributed by atoms with Gasteiger partial charge in [-0.2, -0.15) is 11.8 Å². The van der Waals surface area contributed by atoms with Crippen LogP contribution >= 0.6 is 19.6 Å². The molecule has 1 fully saturated rings. The fourth-order valence-electron chi connectivity index (χ4n) is 3.82. The summed E-state index contributed by atoms with van der Waals surface area (Å²) in [6.45, 7) is 21.5. The molecule has 18 nitrogen and oxygen atoms in total. The first-order chi connectivity index (χ1) is 23.7. The van der Waals surface area contributed by atoms with Gasteiger partial charge in [-0.25, -0.2) is 4.57 Å². The molecule has 13 N–H and O–H groups in total. The first kappa shape index (κ1) is 61.3. The largest absolute Gasteiger partial charge is 0.469 e. The summed E-state index contributed by atoms with van der Waals surface area (Å²) in [7, 11) is -4.47. The van der Waals surface area contributed by atoms with Crippen molar-refractivity contribution in [1.29, 1.82) is 0 Å². The van der Waals surface area contributed by atoms with E-state index in [0.717, 1.165) is 11.3 Å². The molecule has 0 saturated carbocycles. The second kappa shape index (κ2) is 31.2. The van der Waals surface area contributed by atoms with Gasteiger partial charge in [0.05, 0.1) is 18.8 Å². The third-order valence-corrected chi connectivity index (χ3v) is 10.4. The number of ketones is 4. The number of carbonyl (C=O) groups excluding carboxylic acids is 5. The number of hydrogen-bond acceptors (Lipinski definition) is 15. The summed E-state index contributed by atoms with van der Waals surface area (Å²) in [6, 6.07) is -1.00. The van der Waals surface area contributed by atoms with Crippen molar-refractivity contribution in [1.82, 2.24) is 11.5 Å². The minimum absolute atomic E-state index is 0. The van der Waals surface area contributed by atoms with Crippen LogP contribution < -0.4 is 17.2 Å². The number of nitrogens with two attached hydrogens (primary N) is 1. The molecule has 20 heteroatoms. The lowest BCUT2D eigenvalue weighted by atomic mass is 9.96. The molecule has 322 valence electrons. The minimum atomic E-state index is -4.47. The molecule has 0 aromatic heterocycles. The Morgan fingerprint density at radius 3 is 1.61 bits per heavy atom. The second-order valence-corrected chi connectivity index (χ2v) is 15.3. The number of nitrogens with one attached hydrogen (secondary N) is 1. The van der Waals surface area contributed by atoms with Crippen molar-refractivity contribution >= 4 is 48.6 Å². The molecule has 1 amide bonds. The molecule has 0 aromatic carbocycles. The number of rotatable bonds is 16. The standard InChI is InChI=1S/C14H25NO7.C8H17NOS.C6H13O5P.C6H10O.H3N.H2O/c1-6(7(2)17)8(3)21-14-11(15-9(4)18)13(20)12(19)10(5-16)22-14;1-6(7(2)10)8(3)11-5-4-9;1-4(5(2)7)6(3)11-12(8,9)10;1-4-5(2)6(3)7;;/h6,8,10-14,16,19-20H,5H2,1-4H3,(H,15,18);6,8H,4-5,9H2,1-3H3;4,6H,1-3H3,(H2,8,9,10);4H,1-3H3;1H3;1H2/b;;;5-4-;;/t6?,8?,10?,11?,12-,13+,14-;;;;;/m0...../s1. The second-order valence-electron chi connectivity index (χ2n) is 12.7. The Labute approximate surface area is 324 Å². The van der Waals surface area contributed by atoms with Crippen LogP contribution in [0.2, 0.25) is 0 Å². The molecule has 1 aliphatic heterocycles.